The van der Waals surface area contributed by atoms with E-state index in [2.05, 4.69) is 5.10 Å². The average Bonchev–Trinajstić information content (AvgIpc) is 2.84. The summed E-state index contributed by atoms with van der Waals surface area (Å²) in [5, 5.41) is 4.09. The van der Waals surface area contributed by atoms with Gasteiger partial charge in [0.1, 0.15) is 0 Å². The van der Waals surface area contributed by atoms with Crippen LogP contribution in [0.4, 0.5) is 19.0 Å². The molecule has 0 radical (unpaired) electrons. The van der Waals surface area contributed by atoms with Gasteiger partial charge in [-0.2, -0.15) is 18.3 Å². The summed E-state index contributed by atoms with van der Waals surface area (Å²) in [7, 11) is 3.31. The molecule has 112 valence electrons. The van der Waals surface area contributed by atoms with Crippen LogP contribution in [0.5, 0.6) is 0 Å². The lowest BCUT2D eigenvalue weighted by atomic mass is 10.1. The van der Waals surface area contributed by atoms with Gasteiger partial charge < -0.3 is 0 Å². The molecule has 0 saturated carbocycles. The highest BCUT2D eigenvalue weighted by atomic mass is 19.4. The Labute approximate surface area is 119 Å². The number of alkyl halides is 3. The molecule has 0 N–H and O–H groups in total. The van der Waals surface area contributed by atoms with Crippen molar-refractivity contribution in [2.24, 2.45) is 7.05 Å². The van der Waals surface area contributed by atoms with Crippen molar-refractivity contribution in [2.75, 3.05) is 11.9 Å². The molecule has 1 amide bonds. The number of aryl methyl sites for hydroxylation is 1. The number of aromatic nitrogens is 2. The number of benzene rings is 1. The maximum absolute atomic E-state index is 12.4. The third kappa shape index (κ3) is 3.62. The Morgan fingerprint density at radius 1 is 1.24 bits per heavy atom. The van der Waals surface area contributed by atoms with Crippen LogP contribution in [-0.2, 0) is 24.4 Å². The molecule has 0 aliphatic carbocycles. The monoisotopic (exact) mass is 297 g/mol. The normalized spacial score (nSPS) is 11.5. The van der Waals surface area contributed by atoms with Crippen LogP contribution in [0.2, 0.25) is 0 Å². The molecule has 0 fully saturated rings. The SMILES string of the molecule is CN(C(=O)Cc1ccc(C(F)(F)F)cc1)c1ccn(C)n1. The third-order valence-electron chi connectivity index (χ3n) is 3.05. The number of likely N-dealkylation sites (N-methyl/N-ethyl adjacent to an activating group) is 1. The summed E-state index contributed by atoms with van der Waals surface area (Å²) >= 11 is 0. The first kappa shape index (κ1) is 15.1. The van der Waals surface area contributed by atoms with Gasteiger partial charge in [0.15, 0.2) is 5.82 Å². The number of carbonyl (C=O) groups excluding carboxylic acids is 1. The van der Waals surface area contributed by atoms with Crippen molar-refractivity contribution in [2.45, 2.75) is 12.6 Å². The van der Waals surface area contributed by atoms with E-state index in [0.717, 1.165) is 12.1 Å². The topological polar surface area (TPSA) is 38.1 Å². The molecule has 0 aliphatic rings. The van der Waals surface area contributed by atoms with Gasteiger partial charge in [0, 0.05) is 26.4 Å². The first-order valence-corrected chi connectivity index (χ1v) is 6.19. The first-order valence-electron chi connectivity index (χ1n) is 6.19. The zero-order valence-electron chi connectivity index (χ0n) is 11.6. The van der Waals surface area contributed by atoms with E-state index in [-0.39, 0.29) is 12.3 Å². The van der Waals surface area contributed by atoms with E-state index in [1.54, 1.807) is 31.0 Å². The Bertz CT molecular complexity index is 632. The number of nitrogens with zero attached hydrogens (tertiary/aromatic N) is 3. The van der Waals surface area contributed by atoms with Gasteiger partial charge in [-0.15, -0.1) is 0 Å². The van der Waals surface area contributed by atoms with Gasteiger partial charge in [0.05, 0.1) is 12.0 Å². The summed E-state index contributed by atoms with van der Waals surface area (Å²) < 4.78 is 38.9. The zero-order valence-corrected chi connectivity index (χ0v) is 11.6. The van der Waals surface area contributed by atoms with Crippen molar-refractivity contribution in [3.8, 4) is 0 Å². The van der Waals surface area contributed by atoms with E-state index >= 15 is 0 Å². The van der Waals surface area contributed by atoms with E-state index < -0.39 is 11.7 Å². The summed E-state index contributed by atoms with van der Waals surface area (Å²) in [6, 6.07) is 6.26. The second-order valence-corrected chi connectivity index (χ2v) is 4.67. The van der Waals surface area contributed by atoms with E-state index in [0.29, 0.717) is 11.4 Å². The molecule has 0 aliphatic heterocycles. The quantitative estimate of drug-likeness (QED) is 0.873. The minimum Gasteiger partial charge on any atom is -0.298 e. The van der Waals surface area contributed by atoms with Gasteiger partial charge in [-0.05, 0) is 17.7 Å². The summed E-state index contributed by atoms with van der Waals surface area (Å²) in [5.41, 5.74) is -0.201. The molecule has 1 heterocycles. The van der Waals surface area contributed by atoms with E-state index in [4.69, 9.17) is 0 Å². The lowest BCUT2D eigenvalue weighted by molar-refractivity contribution is -0.137. The maximum atomic E-state index is 12.4. The number of halogens is 3. The van der Waals surface area contributed by atoms with Crippen molar-refractivity contribution in [1.29, 1.82) is 0 Å². The minimum atomic E-state index is -4.37. The number of carbonyl (C=O) groups is 1. The van der Waals surface area contributed by atoms with Gasteiger partial charge in [0.2, 0.25) is 5.91 Å². The molecule has 0 saturated heterocycles. The molecular formula is C14H14F3N3O. The largest absolute Gasteiger partial charge is 0.416 e. The first-order chi connectivity index (χ1) is 9.77. The zero-order chi connectivity index (χ0) is 15.6. The Kier molecular flexibility index (Phi) is 4.02. The van der Waals surface area contributed by atoms with Crippen molar-refractivity contribution in [3.05, 3.63) is 47.7 Å². The van der Waals surface area contributed by atoms with Crippen molar-refractivity contribution in [1.82, 2.24) is 9.78 Å². The van der Waals surface area contributed by atoms with Gasteiger partial charge in [-0.3, -0.25) is 14.4 Å². The van der Waals surface area contributed by atoms with Crippen molar-refractivity contribution >= 4 is 11.7 Å². The lowest BCUT2D eigenvalue weighted by Crippen LogP contribution is -2.28. The van der Waals surface area contributed by atoms with Crippen LogP contribution in [0.15, 0.2) is 36.5 Å². The van der Waals surface area contributed by atoms with Crippen molar-refractivity contribution < 1.29 is 18.0 Å². The van der Waals surface area contributed by atoms with Crippen LogP contribution in [0.1, 0.15) is 11.1 Å². The standard InChI is InChI=1S/C14H14F3N3O/c1-19-8-7-12(18-19)20(2)13(21)9-10-3-5-11(6-4-10)14(15,16)17/h3-8H,9H2,1-2H3. The van der Waals surface area contributed by atoms with Crippen LogP contribution in [0, 0.1) is 0 Å². The second-order valence-electron chi connectivity index (χ2n) is 4.67. The number of hydrogen-bond acceptors (Lipinski definition) is 2. The Morgan fingerprint density at radius 3 is 2.33 bits per heavy atom. The molecule has 7 heteroatoms. The van der Waals surface area contributed by atoms with E-state index in [9.17, 15) is 18.0 Å². The van der Waals surface area contributed by atoms with Gasteiger partial charge in [-0.25, -0.2) is 0 Å². The van der Waals surface area contributed by atoms with Gasteiger partial charge in [-0.1, -0.05) is 12.1 Å². The molecule has 1 aromatic carbocycles. The van der Waals surface area contributed by atoms with Crippen LogP contribution in [-0.4, -0.2) is 22.7 Å². The smallest absolute Gasteiger partial charge is 0.298 e. The molecule has 2 rings (SSSR count). The number of hydrogen-bond donors (Lipinski definition) is 0. The summed E-state index contributed by atoms with van der Waals surface area (Å²) in [6.45, 7) is 0. The number of amides is 1. The second kappa shape index (κ2) is 5.59. The predicted molar refractivity (Wildman–Crippen MR) is 71.8 cm³/mol. The Hall–Kier alpha value is -2.31. The Morgan fingerprint density at radius 2 is 1.86 bits per heavy atom. The van der Waals surface area contributed by atoms with E-state index in [1.807, 2.05) is 0 Å². The minimum absolute atomic E-state index is 0.0191. The molecule has 4 nitrogen and oxygen atoms in total. The molecule has 0 atom stereocenters. The molecule has 0 spiro atoms. The molecule has 0 unspecified atom stereocenters. The summed E-state index contributed by atoms with van der Waals surface area (Å²) in [6.07, 6.45) is -2.64. The number of anilines is 1. The maximum Gasteiger partial charge on any atom is 0.416 e. The molecule has 1 aromatic heterocycles. The van der Waals surface area contributed by atoms with Crippen LogP contribution < -0.4 is 4.90 Å². The molecule has 21 heavy (non-hydrogen) atoms. The highest BCUT2D eigenvalue weighted by Gasteiger charge is 2.30. The lowest BCUT2D eigenvalue weighted by Gasteiger charge is -2.14. The summed E-state index contributed by atoms with van der Waals surface area (Å²) in [4.78, 5) is 13.4. The van der Waals surface area contributed by atoms with Crippen molar-refractivity contribution in [3.63, 3.8) is 0 Å². The highest BCUT2D eigenvalue weighted by molar-refractivity contribution is 5.93. The van der Waals surface area contributed by atoms with E-state index in [1.165, 1.54) is 17.0 Å². The van der Waals surface area contributed by atoms with Crippen LogP contribution in [0.3, 0.4) is 0 Å². The summed E-state index contributed by atoms with van der Waals surface area (Å²) in [5.74, 6) is 0.253. The highest BCUT2D eigenvalue weighted by Crippen LogP contribution is 2.29. The molecule has 2 aromatic rings. The van der Waals surface area contributed by atoms with Gasteiger partial charge >= 0.3 is 6.18 Å². The van der Waals surface area contributed by atoms with Crippen LogP contribution in [0.25, 0.3) is 0 Å². The number of rotatable bonds is 3. The van der Waals surface area contributed by atoms with Crippen LogP contribution >= 0.6 is 0 Å². The molecular weight excluding hydrogens is 283 g/mol. The Balaban J connectivity index is 2.06. The fraction of sp³-hybridized carbons (Fsp3) is 0.286. The fourth-order valence-electron chi connectivity index (χ4n) is 1.81. The fourth-order valence-corrected chi connectivity index (χ4v) is 1.81. The predicted octanol–water partition coefficient (Wildman–Crippen LogP) is 2.64. The molecule has 0 bridgehead atoms. The average molecular weight is 297 g/mol. The van der Waals surface area contributed by atoms with Gasteiger partial charge in [0.25, 0.3) is 0 Å². The third-order valence-corrected chi connectivity index (χ3v) is 3.05.